The second-order valence-corrected chi connectivity index (χ2v) is 32.9. The Kier molecular flexibility index (Phi) is 20.6. The molecule has 0 bridgehead atoms. The quantitative estimate of drug-likeness (QED) is 0.152. The number of thiophene rings is 4. The summed E-state index contributed by atoms with van der Waals surface area (Å²) < 4.78 is 30.6. The van der Waals surface area contributed by atoms with Gasteiger partial charge < -0.3 is 17.8 Å². The number of rotatable bonds is 0. The van der Waals surface area contributed by atoms with Gasteiger partial charge in [-0.1, -0.05) is 260 Å². The third-order valence-electron chi connectivity index (χ3n) is 20.8. The van der Waals surface area contributed by atoms with Crippen LogP contribution in [0, 0.1) is 48.5 Å². The molecule has 0 saturated heterocycles. The third-order valence-corrected chi connectivity index (χ3v) is 25.6. The second-order valence-electron chi connectivity index (χ2n) is 28.6. The number of hydrogen-bond acceptors (Lipinski definition) is 7. The van der Waals surface area contributed by atoms with E-state index in [0.717, 1.165) is 33.5 Å². The van der Waals surface area contributed by atoms with Crippen LogP contribution in [-0.4, -0.2) is 4.57 Å². The minimum atomic E-state index is 0.966. The fourth-order valence-corrected chi connectivity index (χ4v) is 19.9. The van der Waals surface area contributed by atoms with E-state index in [4.69, 9.17) is 13.3 Å². The van der Waals surface area contributed by atoms with E-state index in [1.54, 1.807) is 0 Å². The summed E-state index contributed by atoms with van der Waals surface area (Å²) in [5, 5.41) is 21.1. The lowest BCUT2D eigenvalue weighted by Crippen LogP contribution is -1.84. The summed E-state index contributed by atoms with van der Waals surface area (Å²) in [6.07, 6.45) is 0. The van der Waals surface area contributed by atoms with Gasteiger partial charge in [0.05, 0.1) is 0 Å². The van der Waals surface area contributed by atoms with Gasteiger partial charge in [-0.3, -0.25) is 0 Å². The zero-order valence-corrected chi connectivity index (χ0v) is 67.0. The van der Waals surface area contributed by atoms with Crippen molar-refractivity contribution in [3.8, 4) is 0 Å². The molecule has 0 atom stereocenters. The van der Waals surface area contributed by atoms with Crippen molar-refractivity contribution in [2.75, 3.05) is 0 Å². The van der Waals surface area contributed by atoms with Crippen LogP contribution in [0.4, 0.5) is 0 Å². The number of aromatic nitrogens is 1. The Morgan fingerprint density at radius 2 is 0.571 bits per heavy atom. The van der Waals surface area contributed by atoms with Crippen LogP contribution in [0.1, 0.15) is 38.9 Å². The fraction of sp³-hybridized carbons (Fsp3) is 0.0769. The third kappa shape index (κ3) is 14.6. The number of para-hydroxylation sites is 6. The van der Waals surface area contributed by atoms with Gasteiger partial charge >= 0.3 is 0 Å². The first-order valence-electron chi connectivity index (χ1n) is 37.9. The summed E-state index contributed by atoms with van der Waals surface area (Å²) in [6.45, 7) is 14.9. The van der Waals surface area contributed by atoms with E-state index in [1.807, 2.05) is 112 Å². The molecule has 0 aliphatic carbocycles. The molecule has 8 heterocycles. The average molecular weight is 1520 g/mol. The standard InChI is InChI=1S/C13H11N.3C13H10O.4C13H10S/c1-14-12-8-4-2-6-10(12)11-7-3-5-9-13(11)14;1-9-5-4-7-11-10-6-2-3-8-12(10)14-13(9)11;1-9-5-4-8-12-13(9)10-6-2-3-7-11(10)14-12;1-9-6-7-11-10-4-2-3-5-12(10)14-13(11)8-9;1-9-5-4-7-11-10-6-2-3-8-12(10)14-13(9)11;1-9-5-4-8-12-13(9)10-6-2-3-7-11(10)14-12;1-9-6-7-13-11(8-9)10-4-2-3-5-12(10)14-13;1-9-6-7-11-10-4-2-3-5-12(10)14-13(11)8-9/h2-9H,1H3;7*2-8H,1H3. The number of aryl methyl sites for hydroxylation is 8. The first kappa shape index (κ1) is 72.5. The molecule has 0 spiro atoms. The van der Waals surface area contributed by atoms with Crippen LogP contribution >= 0.6 is 45.3 Å². The van der Waals surface area contributed by atoms with Gasteiger partial charge in [0.15, 0.2) is 0 Å². The summed E-state index contributed by atoms with van der Waals surface area (Å²) in [6, 6.07) is 121. The monoisotopic (exact) mass is 1520 g/mol. The van der Waals surface area contributed by atoms with Gasteiger partial charge in [0.2, 0.25) is 0 Å². The maximum atomic E-state index is 5.78. The first-order chi connectivity index (χ1) is 54.8. The van der Waals surface area contributed by atoms with Gasteiger partial charge in [-0.15, -0.1) is 45.3 Å². The zero-order chi connectivity index (χ0) is 76.3. The second kappa shape index (κ2) is 31.9. The summed E-state index contributed by atoms with van der Waals surface area (Å²) in [5.74, 6) is 0. The Bertz CT molecular complexity index is 7080. The number of benzene rings is 16. The van der Waals surface area contributed by atoms with Gasteiger partial charge in [-0.05, 0) is 173 Å². The molecule has 0 aliphatic rings. The number of hydrogen-bond donors (Lipinski definition) is 0. The Morgan fingerprint density at radius 1 is 0.205 bits per heavy atom. The Labute approximate surface area is 666 Å². The van der Waals surface area contributed by atoms with Crippen molar-refractivity contribution in [1.29, 1.82) is 0 Å². The fourth-order valence-electron chi connectivity index (χ4n) is 15.3. The SMILES string of the molecule is Cc1ccc2c(c1)oc1ccccc12.Cc1ccc2c(c1)sc1ccccc12.Cc1ccc2sc3ccccc3c2c1.Cc1cccc2c1oc1ccccc12.Cc1cccc2c1sc1ccccc12.Cc1cccc2oc3ccccc3c12.Cc1cccc2sc3ccccc3c12.Cn1c2ccccc2c2ccccc21. The smallest absolute Gasteiger partial charge is 0.138 e. The maximum absolute atomic E-state index is 5.78. The van der Waals surface area contributed by atoms with E-state index in [0.29, 0.717) is 0 Å². The highest BCUT2D eigenvalue weighted by atomic mass is 32.1. The predicted molar refractivity (Wildman–Crippen MR) is 492 cm³/mol. The molecule has 112 heavy (non-hydrogen) atoms. The van der Waals surface area contributed by atoms with Crippen LogP contribution in [-0.2, 0) is 7.05 Å². The summed E-state index contributed by atoms with van der Waals surface area (Å²) in [5.41, 5.74) is 17.6. The minimum absolute atomic E-state index is 0.966. The highest BCUT2D eigenvalue weighted by Crippen LogP contribution is 2.40. The van der Waals surface area contributed by atoms with Crippen molar-refractivity contribution in [3.63, 3.8) is 0 Å². The number of furan rings is 3. The van der Waals surface area contributed by atoms with Crippen LogP contribution in [0.5, 0.6) is 0 Å². The van der Waals surface area contributed by atoms with E-state index < -0.39 is 0 Å². The van der Waals surface area contributed by atoms with Gasteiger partial charge in [-0.2, -0.15) is 0 Å². The van der Waals surface area contributed by atoms with Crippen LogP contribution in [0.25, 0.3) is 168 Å². The van der Waals surface area contributed by atoms with Gasteiger partial charge in [-0.25, -0.2) is 0 Å². The molecule has 0 N–H and O–H groups in total. The molecular formula is C104H81NO3S4. The zero-order valence-electron chi connectivity index (χ0n) is 63.7. The largest absolute Gasteiger partial charge is 0.456 e. The predicted octanol–water partition coefficient (Wildman–Crippen LogP) is 32.5. The maximum Gasteiger partial charge on any atom is 0.138 e. The molecule has 8 heteroatoms. The number of fused-ring (bicyclic) bond motifs is 24. The van der Waals surface area contributed by atoms with Crippen molar-refractivity contribution in [3.05, 3.63) is 385 Å². The van der Waals surface area contributed by atoms with Crippen molar-refractivity contribution in [1.82, 2.24) is 4.57 Å². The van der Waals surface area contributed by atoms with E-state index in [9.17, 15) is 0 Å². The van der Waals surface area contributed by atoms with E-state index in [2.05, 4.69) is 339 Å². The van der Waals surface area contributed by atoms with Gasteiger partial charge in [0.1, 0.15) is 33.5 Å². The van der Waals surface area contributed by atoms with E-state index >= 15 is 0 Å². The Balaban J connectivity index is 0.0000000929. The molecule has 544 valence electrons. The molecule has 0 radical (unpaired) electrons. The van der Waals surface area contributed by atoms with Gasteiger partial charge in [0, 0.05) is 142 Å². The molecule has 0 unspecified atom stereocenters. The molecule has 0 saturated carbocycles. The average Bonchev–Trinajstić information content (AvgIpc) is 2.59. The van der Waals surface area contributed by atoms with E-state index in [1.165, 1.54) is 174 Å². The van der Waals surface area contributed by atoms with Crippen LogP contribution in [0.15, 0.2) is 359 Å². The lowest BCUT2D eigenvalue weighted by molar-refractivity contribution is 0.665. The summed E-state index contributed by atoms with van der Waals surface area (Å²) in [7, 11) is 2.12. The summed E-state index contributed by atoms with van der Waals surface area (Å²) in [4.78, 5) is 0. The Morgan fingerprint density at radius 3 is 1.23 bits per heavy atom. The Hall–Kier alpha value is -12.4. The van der Waals surface area contributed by atoms with Crippen LogP contribution in [0.3, 0.4) is 0 Å². The topological polar surface area (TPSA) is 44.4 Å². The first-order valence-corrected chi connectivity index (χ1v) is 41.2. The molecule has 16 aromatic carbocycles. The molecule has 4 nitrogen and oxygen atoms in total. The summed E-state index contributed by atoms with van der Waals surface area (Å²) >= 11 is 7.51. The lowest BCUT2D eigenvalue weighted by atomic mass is 10.1. The molecule has 8 aromatic heterocycles. The normalized spacial score (nSPS) is 11.2. The lowest BCUT2D eigenvalue weighted by Gasteiger charge is -1.95. The highest BCUT2D eigenvalue weighted by Gasteiger charge is 2.13. The molecule has 0 amide bonds. The molecule has 0 aliphatic heterocycles. The van der Waals surface area contributed by atoms with Crippen LogP contribution < -0.4 is 0 Å². The van der Waals surface area contributed by atoms with Crippen LogP contribution in [0.2, 0.25) is 0 Å². The van der Waals surface area contributed by atoms with E-state index in [-0.39, 0.29) is 0 Å². The molecule has 0 fully saturated rings. The van der Waals surface area contributed by atoms with Crippen molar-refractivity contribution >= 4 is 214 Å². The van der Waals surface area contributed by atoms with Gasteiger partial charge in [0.25, 0.3) is 0 Å². The highest BCUT2D eigenvalue weighted by molar-refractivity contribution is 7.27. The van der Waals surface area contributed by atoms with Crippen molar-refractivity contribution in [2.24, 2.45) is 7.05 Å². The minimum Gasteiger partial charge on any atom is -0.456 e. The number of nitrogens with zero attached hydrogens (tertiary/aromatic N) is 1. The molecular weight excluding hydrogens is 1440 g/mol. The van der Waals surface area contributed by atoms with Crippen molar-refractivity contribution in [2.45, 2.75) is 48.5 Å². The molecule has 24 aromatic rings. The molecule has 24 rings (SSSR count). The van der Waals surface area contributed by atoms with Crippen molar-refractivity contribution < 1.29 is 13.3 Å².